The zero-order valence-corrected chi connectivity index (χ0v) is 10.1. The molecular weight excluding hydrogens is 269 g/mol. The van der Waals surface area contributed by atoms with Gasteiger partial charge in [-0.25, -0.2) is 0 Å². The number of nitrogens with two attached hydrogens (primary N) is 1. The van der Waals surface area contributed by atoms with Gasteiger partial charge < -0.3 is 11.1 Å². The number of benzene rings is 1. The largest absolute Gasteiger partial charge is 0.399 e. The van der Waals surface area contributed by atoms with Crippen LogP contribution in [0.4, 0.5) is 18.9 Å². The van der Waals surface area contributed by atoms with Gasteiger partial charge >= 0.3 is 6.18 Å². The van der Waals surface area contributed by atoms with Crippen LogP contribution < -0.4 is 11.1 Å². The molecule has 1 rings (SSSR count). The highest BCUT2D eigenvalue weighted by Gasteiger charge is 2.26. The van der Waals surface area contributed by atoms with E-state index in [9.17, 15) is 18.0 Å². The van der Waals surface area contributed by atoms with Crippen LogP contribution in [0, 0.1) is 0 Å². The number of carbonyl (C=O) groups is 1. The number of halogens is 4. The van der Waals surface area contributed by atoms with Crippen LogP contribution in [0.3, 0.4) is 0 Å². The second-order valence-electron chi connectivity index (χ2n) is 3.71. The number of hydrogen-bond acceptors (Lipinski definition) is 2. The SMILES string of the molecule is Nc1ccc(C(=O)NCCCC(F)(F)F)c(Cl)c1. The minimum atomic E-state index is -4.20. The zero-order valence-electron chi connectivity index (χ0n) is 9.35. The molecule has 0 heterocycles. The highest BCUT2D eigenvalue weighted by molar-refractivity contribution is 6.34. The first-order valence-electron chi connectivity index (χ1n) is 5.19. The van der Waals surface area contributed by atoms with Crippen molar-refractivity contribution in [2.45, 2.75) is 19.0 Å². The Labute approximate surface area is 107 Å². The monoisotopic (exact) mass is 280 g/mol. The molecule has 0 aliphatic heterocycles. The highest BCUT2D eigenvalue weighted by Crippen LogP contribution is 2.21. The summed E-state index contributed by atoms with van der Waals surface area (Å²) in [7, 11) is 0. The molecule has 0 saturated heterocycles. The second-order valence-corrected chi connectivity index (χ2v) is 4.12. The molecule has 3 nitrogen and oxygen atoms in total. The van der Waals surface area contributed by atoms with Crippen LogP contribution in [0.15, 0.2) is 18.2 Å². The van der Waals surface area contributed by atoms with Gasteiger partial charge in [0.2, 0.25) is 0 Å². The quantitative estimate of drug-likeness (QED) is 0.658. The average Bonchev–Trinajstić information content (AvgIpc) is 2.22. The van der Waals surface area contributed by atoms with Gasteiger partial charge in [0.15, 0.2) is 0 Å². The first-order valence-corrected chi connectivity index (χ1v) is 5.57. The molecule has 1 aromatic carbocycles. The summed E-state index contributed by atoms with van der Waals surface area (Å²) in [6, 6.07) is 4.33. The van der Waals surface area contributed by atoms with Gasteiger partial charge in [-0.2, -0.15) is 13.2 Å². The third-order valence-electron chi connectivity index (χ3n) is 2.16. The Morgan fingerprint density at radius 1 is 1.39 bits per heavy atom. The van der Waals surface area contributed by atoms with Crippen LogP contribution in [-0.4, -0.2) is 18.6 Å². The molecule has 0 saturated carbocycles. The van der Waals surface area contributed by atoms with E-state index in [1.165, 1.54) is 18.2 Å². The van der Waals surface area contributed by atoms with Crippen LogP contribution in [0.5, 0.6) is 0 Å². The van der Waals surface area contributed by atoms with Crippen molar-refractivity contribution in [1.29, 1.82) is 0 Å². The Hall–Kier alpha value is -1.43. The Bertz CT molecular complexity index is 435. The molecule has 0 bridgehead atoms. The van der Waals surface area contributed by atoms with Crippen molar-refractivity contribution in [2.24, 2.45) is 0 Å². The maximum absolute atomic E-state index is 11.9. The highest BCUT2D eigenvalue weighted by atomic mass is 35.5. The molecule has 0 radical (unpaired) electrons. The Morgan fingerprint density at radius 2 is 2.06 bits per heavy atom. The normalized spacial score (nSPS) is 11.3. The molecule has 0 aliphatic carbocycles. The molecule has 0 spiro atoms. The summed E-state index contributed by atoms with van der Waals surface area (Å²) in [5, 5.41) is 2.54. The van der Waals surface area contributed by atoms with Crippen molar-refractivity contribution in [1.82, 2.24) is 5.32 Å². The number of anilines is 1. The molecular formula is C11H12ClF3N2O. The summed E-state index contributed by atoms with van der Waals surface area (Å²) < 4.78 is 35.6. The number of hydrogen-bond donors (Lipinski definition) is 2. The van der Waals surface area contributed by atoms with Gasteiger partial charge in [0.1, 0.15) is 0 Å². The van der Waals surface area contributed by atoms with Gasteiger partial charge in [-0.3, -0.25) is 4.79 Å². The van der Waals surface area contributed by atoms with Crippen molar-refractivity contribution in [3.63, 3.8) is 0 Å². The van der Waals surface area contributed by atoms with Gasteiger partial charge in [0.05, 0.1) is 10.6 Å². The Balaban J connectivity index is 2.46. The van der Waals surface area contributed by atoms with Crippen molar-refractivity contribution in [3.8, 4) is 0 Å². The third kappa shape index (κ3) is 4.83. The summed E-state index contributed by atoms with van der Waals surface area (Å²) in [5.74, 6) is -0.512. The lowest BCUT2D eigenvalue weighted by Crippen LogP contribution is -2.25. The fourth-order valence-corrected chi connectivity index (χ4v) is 1.58. The van der Waals surface area contributed by atoms with Crippen LogP contribution in [0.1, 0.15) is 23.2 Å². The number of alkyl halides is 3. The fraction of sp³-hybridized carbons (Fsp3) is 0.364. The smallest absolute Gasteiger partial charge is 0.389 e. The maximum Gasteiger partial charge on any atom is 0.389 e. The lowest BCUT2D eigenvalue weighted by atomic mass is 10.2. The van der Waals surface area contributed by atoms with E-state index in [2.05, 4.69) is 5.32 Å². The number of nitrogens with one attached hydrogen (secondary N) is 1. The molecule has 7 heteroatoms. The van der Waals surface area contributed by atoms with Crippen molar-refractivity contribution in [2.75, 3.05) is 12.3 Å². The van der Waals surface area contributed by atoms with Crippen LogP contribution >= 0.6 is 11.6 Å². The number of nitrogen functional groups attached to an aromatic ring is 1. The molecule has 18 heavy (non-hydrogen) atoms. The second kappa shape index (κ2) is 5.95. The first-order chi connectivity index (χ1) is 8.29. The summed E-state index contributed by atoms with van der Waals surface area (Å²) in [6.45, 7) is -0.0565. The zero-order chi connectivity index (χ0) is 13.8. The summed E-state index contributed by atoms with van der Waals surface area (Å²) in [6.07, 6.45) is -5.30. The first kappa shape index (κ1) is 14.6. The minimum absolute atomic E-state index is 0.0565. The molecule has 1 aromatic rings. The molecule has 0 atom stereocenters. The topological polar surface area (TPSA) is 55.1 Å². The van der Waals surface area contributed by atoms with Crippen molar-refractivity contribution in [3.05, 3.63) is 28.8 Å². The number of rotatable bonds is 4. The third-order valence-corrected chi connectivity index (χ3v) is 2.47. The predicted octanol–water partition coefficient (Wildman–Crippen LogP) is 2.99. The lowest BCUT2D eigenvalue weighted by molar-refractivity contribution is -0.135. The standard InChI is InChI=1S/C11H12ClF3N2O/c12-9-6-7(16)2-3-8(9)10(18)17-5-1-4-11(13,14)15/h2-3,6H,1,4-5,16H2,(H,17,18). The molecule has 0 fully saturated rings. The van der Waals surface area contributed by atoms with Crippen LogP contribution in [0.25, 0.3) is 0 Å². The molecule has 3 N–H and O–H groups in total. The van der Waals surface area contributed by atoms with E-state index < -0.39 is 18.5 Å². The Morgan fingerprint density at radius 3 is 2.61 bits per heavy atom. The number of amides is 1. The summed E-state index contributed by atoms with van der Waals surface area (Å²) in [4.78, 5) is 11.6. The number of carbonyl (C=O) groups excluding carboxylic acids is 1. The molecule has 100 valence electrons. The molecule has 0 aromatic heterocycles. The van der Waals surface area contributed by atoms with E-state index in [0.717, 1.165) is 0 Å². The fourth-order valence-electron chi connectivity index (χ4n) is 1.30. The van der Waals surface area contributed by atoms with Gasteiger partial charge in [-0.05, 0) is 24.6 Å². The van der Waals surface area contributed by atoms with Gasteiger partial charge in [0, 0.05) is 18.7 Å². The van der Waals surface area contributed by atoms with Crippen molar-refractivity contribution >= 4 is 23.2 Å². The predicted molar refractivity (Wildman–Crippen MR) is 63.5 cm³/mol. The van der Waals surface area contributed by atoms with Gasteiger partial charge in [0.25, 0.3) is 5.91 Å². The molecule has 1 amide bonds. The Kier molecular flexibility index (Phi) is 4.84. The van der Waals surface area contributed by atoms with Gasteiger partial charge in [-0.15, -0.1) is 0 Å². The minimum Gasteiger partial charge on any atom is -0.399 e. The van der Waals surface area contributed by atoms with E-state index in [4.69, 9.17) is 17.3 Å². The van der Waals surface area contributed by atoms with Crippen LogP contribution in [-0.2, 0) is 0 Å². The lowest BCUT2D eigenvalue weighted by Gasteiger charge is -2.08. The van der Waals surface area contributed by atoms with E-state index in [1.807, 2.05) is 0 Å². The van der Waals surface area contributed by atoms with Crippen LogP contribution in [0.2, 0.25) is 5.02 Å². The summed E-state index contributed by atoms with van der Waals surface area (Å²) >= 11 is 5.79. The van der Waals surface area contributed by atoms with Crippen molar-refractivity contribution < 1.29 is 18.0 Å². The van der Waals surface area contributed by atoms with E-state index in [0.29, 0.717) is 5.69 Å². The van der Waals surface area contributed by atoms with Gasteiger partial charge in [-0.1, -0.05) is 11.6 Å². The maximum atomic E-state index is 11.9. The average molecular weight is 281 g/mol. The van der Waals surface area contributed by atoms with E-state index in [-0.39, 0.29) is 23.6 Å². The van der Waals surface area contributed by atoms with E-state index in [1.54, 1.807) is 0 Å². The molecule has 0 unspecified atom stereocenters. The summed E-state index contributed by atoms with van der Waals surface area (Å²) in [5.41, 5.74) is 6.06. The molecule has 0 aliphatic rings. The van der Waals surface area contributed by atoms with E-state index >= 15 is 0 Å².